The van der Waals surface area contributed by atoms with Gasteiger partial charge in [-0.05, 0) is 27.7 Å². The van der Waals surface area contributed by atoms with Gasteiger partial charge in [-0.15, -0.1) is 0 Å². The molecule has 1 rings (SSSR count). The summed E-state index contributed by atoms with van der Waals surface area (Å²) in [6, 6.07) is 0. The molecule has 1 atom stereocenters. The van der Waals surface area contributed by atoms with Gasteiger partial charge < -0.3 is 5.32 Å². The first-order chi connectivity index (χ1) is 5.38. The summed E-state index contributed by atoms with van der Waals surface area (Å²) in [7, 11) is 0. The van der Waals surface area contributed by atoms with E-state index in [1.54, 1.807) is 0 Å². The molecule has 0 aromatic heterocycles. The standard InChI is InChI=1S/C8H14N2OS/c1-5-6(11)9-7(12-5)10-8(2,3)4/h5H,1-4H3,(H,9,10,11). The average Bonchev–Trinajstić information content (AvgIpc) is 2.07. The van der Waals surface area contributed by atoms with Crippen molar-refractivity contribution >= 4 is 22.8 Å². The van der Waals surface area contributed by atoms with Crippen LogP contribution < -0.4 is 5.32 Å². The van der Waals surface area contributed by atoms with E-state index >= 15 is 0 Å². The molecule has 1 fully saturated rings. The minimum absolute atomic E-state index is 0.00565. The van der Waals surface area contributed by atoms with Gasteiger partial charge in [-0.2, -0.15) is 0 Å². The molecule has 1 N–H and O–H groups in total. The van der Waals surface area contributed by atoms with Gasteiger partial charge in [-0.25, -0.2) is 0 Å². The lowest BCUT2D eigenvalue weighted by atomic mass is 10.1. The van der Waals surface area contributed by atoms with Crippen LogP contribution >= 0.6 is 11.8 Å². The van der Waals surface area contributed by atoms with Crippen LogP contribution in [-0.2, 0) is 4.79 Å². The van der Waals surface area contributed by atoms with Crippen molar-refractivity contribution in [1.82, 2.24) is 5.32 Å². The lowest BCUT2D eigenvalue weighted by Gasteiger charge is -2.12. The lowest BCUT2D eigenvalue weighted by Crippen LogP contribution is -2.25. The fraction of sp³-hybridized carbons (Fsp3) is 0.750. The predicted octanol–water partition coefficient (Wildman–Crippen LogP) is 1.39. The molecule has 0 aromatic rings. The number of carbonyl (C=O) groups excluding carboxylic acids is 1. The van der Waals surface area contributed by atoms with E-state index in [2.05, 4.69) is 10.3 Å². The zero-order chi connectivity index (χ0) is 9.35. The molecule has 0 radical (unpaired) electrons. The van der Waals surface area contributed by atoms with E-state index < -0.39 is 0 Å². The second-order valence-corrected chi connectivity index (χ2v) is 5.17. The molecule has 1 aliphatic heterocycles. The Balaban J connectivity index is 2.69. The van der Waals surface area contributed by atoms with Crippen LogP contribution in [0.4, 0.5) is 0 Å². The minimum atomic E-state index is -0.111. The van der Waals surface area contributed by atoms with Crippen molar-refractivity contribution < 1.29 is 4.79 Å². The van der Waals surface area contributed by atoms with Crippen molar-refractivity contribution in [3.05, 3.63) is 0 Å². The van der Waals surface area contributed by atoms with Gasteiger partial charge in [0.15, 0.2) is 5.17 Å². The van der Waals surface area contributed by atoms with Crippen molar-refractivity contribution in [2.75, 3.05) is 0 Å². The van der Waals surface area contributed by atoms with E-state index in [-0.39, 0.29) is 16.7 Å². The minimum Gasteiger partial charge on any atom is -0.304 e. The molecule has 0 aliphatic carbocycles. The summed E-state index contributed by atoms with van der Waals surface area (Å²) >= 11 is 1.49. The van der Waals surface area contributed by atoms with Gasteiger partial charge in [0.05, 0.1) is 10.8 Å². The van der Waals surface area contributed by atoms with Gasteiger partial charge in [0.25, 0.3) is 0 Å². The Hall–Kier alpha value is -0.510. The number of hydrogen-bond donors (Lipinski definition) is 1. The number of nitrogens with one attached hydrogen (secondary N) is 1. The van der Waals surface area contributed by atoms with E-state index in [9.17, 15) is 4.79 Å². The van der Waals surface area contributed by atoms with Crippen molar-refractivity contribution in [2.24, 2.45) is 4.99 Å². The summed E-state index contributed by atoms with van der Waals surface area (Å²) in [4.78, 5) is 15.4. The van der Waals surface area contributed by atoms with Crippen LogP contribution in [-0.4, -0.2) is 21.9 Å². The summed E-state index contributed by atoms with van der Waals surface area (Å²) < 4.78 is 0. The summed E-state index contributed by atoms with van der Waals surface area (Å²) in [5.41, 5.74) is -0.111. The van der Waals surface area contributed by atoms with Gasteiger partial charge in [0.2, 0.25) is 5.91 Å². The van der Waals surface area contributed by atoms with E-state index in [4.69, 9.17) is 0 Å². The number of aliphatic imine (C=N–C) groups is 1. The largest absolute Gasteiger partial charge is 0.304 e. The summed E-state index contributed by atoms with van der Waals surface area (Å²) in [5.74, 6) is 0.0583. The van der Waals surface area contributed by atoms with Gasteiger partial charge >= 0.3 is 0 Å². The number of thioether (sulfide) groups is 1. The zero-order valence-corrected chi connectivity index (χ0v) is 8.66. The zero-order valence-electron chi connectivity index (χ0n) is 7.84. The molecule has 1 heterocycles. The van der Waals surface area contributed by atoms with Crippen LogP contribution in [0, 0.1) is 0 Å². The van der Waals surface area contributed by atoms with Crippen LogP contribution in [0.3, 0.4) is 0 Å². The first kappa shape index (κ1) is 9.58. The predicted molar refractivity (Wildman–Crippen MR) is 52.4 cm³/mol. The molecule has 1 aliphatic rings. The fourth-order valence-corrected chi connectivity index (χ4v) is 1.80. The normalized spacial score (nSPS) is 27.8. The van der Waals surface area contributed by atoms with Crippen LogP contribution in [0.15, 0.2) is 4.99 Å². The Labute approximate surface area is 77.0 Å². The second kappa shape index (κ2) is 3.09. The van der Waals surface area contributed by atoms with E-state index in [0.29, 0.717) is 0 Å². The topological polar surface area (TPSA) is 41.5 Å². The highest BCUT2D eigenvalue weighted by Gasteiger charge is 2.26. The SMILES string of the molecule is CC1SC(=NC(C)(C)C)NC1=O. The molecule has 0 saturated carbocycles. The van der Waals surface area contributed by atoms with Crippen LogP contribution in [0.1, 0.15) is 27.7 Å². The van der Waals surface area contributed by atoms with Gasteiger partial charge in [-0.1, -0.05) is 11.8 Å². The number of hydrogen-bond acceptors (Lipinski definition) is 3. The molecule has 0 bridgehead atoms. The molecule has 4 heteroatoms. The van der Waals surface area contributed by atoms with Gasteiger partial charge in [-0.3, -0.25) is 9.79 Å². The fourth-order valence-electron chi connectivity index (χ4n) is 0.816. The molecule has 1 amide bonds. The maximum Gasteiger partial charge on any atom is 0.239 e. The van der Waals surface area contributed by atoms with Crippen molar-refractivity contribution in [3.8, 4) is 0 Å². The first-order valence-corrected chi connectivity index (χ1v) is 4.84. The molecule has 0 spiro atoms. The lowest BCUT2D eigenvalue weighted by molar-refractivity contribution is -0.118. The highest BCUT2D eigenvalue weighted by Crippen LogP contribution is 2.21. The first-order valence-electron chi connectivity index (χ1n) is 3.96. The quantitative estimate of drug-likeness (QED) is 0.621. The summed E-state index contributed by atoms with van der Waals surface area (Å²) in [6.45, 7) is 7.91. The van der Waals surface area contributed by atoms with Crippen LogP contribution in [0.25, 0.3) is 0 Å². The van der Waals surface area contributed by atoms with Crippen molar-refractivity contribution in [1.29, 1.82) is 0 Å². The number of carbonyl (C=O) groups is 1. The molecular weight excluding hydrogens is 172 g/mol. The average molecular weight is 186 g/mol. The summed E-state index contributed by atoms with van der Waals surface area (Å²) in [5, 5.41) is 3.49. The highest BCUT2D eigenvalue weighted by molar-refractivity contribution is 8.15. The van der Waals surface area contributed by atoms with Crippen LogP contribution in [0.5, 0.6) is 0 Å². The number of amidine groups is 1. The Morgan fingerprint density at radius 1 is 1.50 bits per heavy atom. The van der Waals surface area contributed by atoms with Gasteiger partial charge in [0, 0.05) is 0 Å². The molecule has 12 heavy (non-hydrogen) atoms. The second-order valence-electron chi connectivity index (χ2n) is 3.84. The van der Waals surface area contributed by atoms with E-state index in [1.807, 2.05) is 27.7 Å². The third-order valence-electron chi connectivity index (χ3n) is 1.32. The number of rotatable bonds is 0. The maximum atomic E-state index is 11.1. The summed E-state index contributed by atoms with van der Waals surface area (Å²) in [6.07, 6.45) is 0. The van der Waals surface area contributed by atoms with Gasteiger partial charge in [0.1, 0.15) is 0 Å². The molecular formula is C8H14N2OS. The monoisotopic (exact) mass is 186 g/mol. The van der Waals surface area contributed by atoms with E-state index in [1.165, 1.54) is 11.8 Å². The highest BCUT2D eigenvalue weighted by atomic mass is 32.2. The Morgan fingerprint density at radius 3 is 2.42 bits per heavy atom. The van der Waals surface area contributed by atoms with Crippen LogP contribution in [0.2, 0.25) is 0 Å². The van der Waals surface area contributed by atoms with Crippen molar-refractivity contribution in [3.63, 3.8) is 0 Å². The third kappa shape index (κ3) is 2.52. The molecule has 3 nitrogen and oxygen atoms in total. The molecule has 1 saturated heterocycles. The smallest absolute Gasteiger partial charge is 0.239 e. The molecule has 68 valence electrons. The third-order valence-corrected chi connectivity index (χ3v) is 2.31. The number of amides is 1. The maximum absolute atomic E-state index is 11.1. The Morgan fingerprint density at radius 2 is 2.08 bits per heavy atom. The van der Waals surface area contributed by atoms with E-state index in [0.717, 1.165) is 5.17 Å². The molecule has 1 unspecified atom stereocenters. The number of nitrogens with zero attached hydrogens (tertiary/aromatic N) is 1. The molecule has 0 aromatic carbocycles. The van der Waals surface area contributed by atoms with Crippen molar-refractivity contribution in [2.45, 2.75) is 38.5 Å². The Kier molecular flexibility index (Phi) is 2.46. The Bertz CT molecular complexity index is 230.